The lowest BCUT2D eigenvalue weighted by Gasteiger charge is -2.13. The van der Waals surface area contributed by atoms with Gasteiger partial charge in [-0.1, -0.05) is 41.9 Å². The van der Waals surface area contributed by atoms with Gasteiger partial charge in [0.05, 0.1) is 18.5 Å². The number of anilines is 1. The number of rotatable bonds is 7. The van der Waals surface area contributed by atoms with Crippen molar-refractivity contribution in [1.29, 1.82) is 0 Å². The quantitative estimate of drug-likeness (QED) is 0.405. The summed E-state index contributed by atoms with van der Waals surface area (Å²) in [5, 5.41) is 28.6. The van der Waals surface area contributed by atoms with Crippen LogP contribution in [-0.2, 0) is 27.4 Å². The molecule has 164 valence electrons. The van der Waals surface area contributed by atoms with Crippen molar-refractivity contribution in [2.24, 2.45) is 0 Å². The van der Waals surface area contributed by atoms with Crippen LogP contribution in [0.5, 0.6) is 5.75 Å². The van der Waals surface area contributed by atoms with Gasteiger partial charge in [0.1, 0.15) is 5.75 Å². The van der Waals surface area contributed by atoms with E-state index in [2.05, 4.69) is 14.9 Å². The van der Waals surface area contributed by atoms with Gasteiger partial charge in [-0.15, -0.1) is 0 Å². The Morgan fingerprint density at radius 3 is 2.42 bits per heavy atom. The van der Waals surface area contributed by atoms with E-state index in [9.17, 15) is 5.11 Å². The summed E-state index contributed by atoms with van der Waals surface area (Å²) in [6, 6.07) is 15.1. The van der Waals surface area contributed by atoms with Crippen LogP contribution in [0.3, 0.4) is 0 Å². The molecule has 1 aromatic heterocycles. The lowest BCUT2D eigenvalue weighted by molar-refractivity contribution is -0.159. The van der Waals surface area contributed by atoms with Crippen molar-refractivity contribution < 1.29 is 29.6 Å². The molecule has 9 nitrogen and oxygen atoms in total. The third-order valence-electron chi connectivity index (χ3n) is 4.11. The van der Waals surface area contributed by atoms with Gasteiger partial charge in [0.25, 0.3) is 0 Å². The molecule has 0 saturated heterocycles. The third-order valence-corrected chi connectivity index (χ3v) is 4.34. The molecular weight excluding hydrogens is 426 g/mol. The highest BCUT2D eigenvalue weighted by Crippen LogP contribution is 2.25. The first-order chi connectivity index (χ1) is 14.8. The molecule has 0 radical (unpaired) electrons. The Morgan fingerprint density at radius 1 is 1.13 bits per heavy atom. The van der Waals surface area contributed by atoms with E-state index in [0.29, 0.717) is 24.7 Å². The first-order valence-corrected chi connectivity index (χ1v) is 9.48. The number of hydrogen-bond acceptors (Lipinski definition) is 6. The van der Waals surface area contributed by atoms with Crippen LogP contribution in [0.15, 0.2) is 54.7 Å². The molecule has 0 aliphatic heterocycles. The lowest BCUT2D eigenvalue weighted by Crippen LogP contribution is -2.11. The van der Waals surface area contributed by atoms with Crippen molar-refractivity contribution in [3.8, 4) is 17.0 Å². The Labute approximate surface area is 183 Å². The molecule has 3 aromatic rings. The summed E-state index contributed by atoms with van der Waals surface area (Å²) < 4.78 is 7.29. The number of aromatic nitrogens is 2. The minimum Gasteiger partial charge on any atom is -0.508 e. The predicted octanol–water partition coefficient (Wildman–Crippen LogP) is 3.32. The van der Waals surface area contributed by atoms with Gasteiger partial charge in [-0.25, -0.2) is 14.6 Å². The zero-order valence-electron chi connectivity index (χ0n) is 16.7. The highest BCUT2D eigenvalue weighted by molar-refractivity contribution is 6.30. The van der Waals surface area contributed by atoms with Crippen molar-refractivity contribution in [3.63, 3.8) is 0 Å². The molecular formula is C21H22ClN3O6. The van der Waals surface area contributed by atoms with Crippen LogP contribution >= 0.6 is 11.6 Å². The van der Waals surface area contributed by atoms with Crippen LogP contribution in [0.25, 0.3) is 11.3 Å². The Balaban J connectivity index is 0.000000501. The van der Waals surface area contributed by atoms with Crippen LogP contribution < -0.4 is 5.32 Å². The van der Waals surface area contributed by atoms with Crippen molar-refractivity contribution in [2.45, 2.75) is 13.1 Å². The number of phenols is 1. The maximum atomic E-state index is 9.96. The molecule has 0 unspecified atom stereocenters. The Bertz CT molecular complexity index is 1010. The van der Waals surface area contributed by atoms with Crippen molar-refractivity contribution in [3.05, 3.63) is 65.3 Å². The van der Waals surface area contributed by atoms with Crippen molar-refractivity contribution in [2.75, 3.05) is 19.0 Å². The van der Waals surface area contributed by atoms with E-state index in [1.807, 2.05) is 36.5 Å². The monoisotopic (exact) mass is 447 g/mol. The average Bonchev–Trinajstić information content (AvgIpc) is 3.16. The summed E-state index contributed by atoms with van der Waals surface area (Å²) in [6.45, 7) is 1.67. The summed E-state index contributed by atoms with van der Waals surface area (Å²) in [5.74, 6) is -2.73. The van der Waals surface area contributed by atoms with E-state index in [4.69, 9.17) is 36.1 Å². The number of carbonyl (C=O) groups is 2. The van der Waals surface area contributed by atoms with E-state index in [1.165, 1.54) is 0 Å². The van der Waals surface area contributed by atoms with E-state index >= 15 is 0 Å². The van der Waals surface area contributed by atoms with Gasteiger partial charge in [-0.05, 0) is 23.8 Å². The molecule has 4 N–H and O–H groups in total. The molecule has 10 heteroatoms. The summed E-state index contributed by atoms with van der Waals surface area (Å²) in [6.07, 6.45) is 1.84. The second kappa shape index (κ2) is 11.6. The number of ether oxygens (including phenoxy) is 1. The van der Waals surface area contributed by atoms with E-state index in [0.717, 1.165) is 22.8 Å². The molecule has 1 heterocycles. The number of phenolic OH excluding ortho intramolecular Hbond substituents is 1. The number of carboxylic acid groups (broad SMARTS) is 2. The molecule has 0 aliphatic carbocycles. The summed E-state index contributed by atoms with van der Waals surface area (Å²) in [7, 11) is 1.68. The van der Waals surface area contributed by atoms with E-state index < -0.39 is 11.9 Å². The Morgan fingerprint density at radius 2 is 1.81 bits per heavy atom. The maximum absolute atomic E-state index is 9.96. The first-order valence-electron chi connectivity index (χ1n) is 9.10. The third kappa shape index (κ3) is 7.02. The maximum Gasteiger partial charge on any atom is 0.414 e. The van der Waals surface area contributed by atoms with Crippen molar-refractivity contribution in [1.82, 2.24) is 9.55 Å². The molecule has 0 spiro atoms. The zero-order chi connectivity index (χ0) is 22.8. The topological polar surface area (TPSA) is 134 Å². The second-order valence-corrected chi connectivity index (χ2v) is 6.65. The van der Waals surface area contributed by atoms with Gasteiger partial charge in [-0.3, -0.25) is 0 Å². The molecule has 0 saturated carbocycles. The van der Waals surface area contributed by atoms with Crippen LogP contribution in [0, 0.1) is 0 Å². The smallest absolute Gasteiger partial charge is 0.414 e. The molecule has 0 fully saturated rings. The number of aromatic hydroxyl groups is 1. The van der Waals surface area contributed by atoms with Gasteiger partial charge in [0, 0.05) is 30.8 Å². The number of imidazole rings is 1. The van der Waals surface area contributed by atoms with Crippen LogP contribution in [0.1, 0.15) is 5.56 Å². The molecule has 2 aromatic carbocycles. The molecule has 0 amide bonds. The van der Waals surface area contributed by atoms with Gasteiger partial charge in [-0.2, -0.15) is 0 Å². The van der Waals surface area contributed by atoms with Crippen LogP contribution in [-0.4, -0.2) is 50.5 Å². The highest BCUT2D eigenvalue weighted by Gasteiger charge is 2.12. The van der Waals surface area contributed by atoms with Crippen LogP contribution in [0.2, 0.25) is 5.02 Å². The summed E-state index contributed by atoms with van der Waals surface area (Å²) in [4.78, 5) is 22.7. The Kier molecular flexibility index (Phi) is 8.86. The largest absolute Gasteiger partial charge is 0.508 e. The highest BCUT2D eigenvalue weighted by atomic mass is 35.5. The summed E-state index contributed by atoms with van der Waals surface area (Å²) in [5.41, 5.74) is 2.82. The van der Waals surface area contributed by atoms with E-state index in [1.54, 1.807) is 25.3 Å². The molecule has 31 heavy (non-hydrogen) atoms. The SMILES string of the molecule is COCCn1c(-c2ccccc2)cnc1NCc1cc(Cl)ccc1O.O=C(O)C(=O)O. The van der Waals surface area contributed by atoms with Gasteiger partial charge in [0.15, 0.2) is 0 Å². The minimum atomic E-state index is -1.82. The van der Waals surface area contributed by atoms with Gasteiger partial charge >= 0.3 is 11.9 Å². The number of methoxy groups -OCH3 is 1. The number of halogens is 1. The normalized spacial score (nSPS) is 10.1. The standard InChI is InChI=1S/C19H20ClN3O2.C2H2O4/c1-25-10-9-23-17(14-5-3-2-4-6-14)13-22-19(23)21-12-15-11-16(20)7-8-18(15)24;3-1(4)2(5)6/h2-8,11,13,24H,9-10,12H2,1H3,(H,21,22);(H,3,4)(H,5,6). The molecule has 0 bridgehead atoms. The lowest BCUT2D eigenvalue weighted by atomic mass is 10.2. The number of benzene rings is 2. The first kappa shape index (κ1) is 23.7. The number of nitrogens with zero attached hydrogens (tertiary/aromatic N) is 2. The average molecular weight is 448 g/mol. The van der Waals surface area contributed by atoms with E-state index in [-0.39, 0.29) is 5.75 Å². The zero-order valence-corrected chi connectivity index (χ0v) is 17.4. The molecule has 0 atom stereocenters. The molecule has 0 aliphatic rings. The summed E-state index contributed by atoms with van der Waals surface area (Å²) >= 11 is 6.01. The minimum absolute atomic E-state index is 0.204. The molecule has 3 rings (SSSR count). The second-order valence-electron chi connectivity index (χ2n) is 6.21. The number of aliphatic carboxylic acids is 2. The fraction of sp³-hybridized carbons (Fsp3) is 0.190. The number of hydrogen-bond donors (Lipinski definition) is 4. The fourth-order valence-corrected chi connectivity index (χ4v) is 2.83. The van der Waals surface area contributed by atoms with Gasteiger partial charge in [0.2, 0.25) is 5.95 Å². The predicted molar refractivity (Wildman–Crippen MR) is 115 cm³/mol. The van der Waals surface area contributed by atoms with Crippen LogP contribution in [0.4, 0.5) is 5.95 Å². The van der Waals surface area contributed by atoms with Gasteiger partial charge < -0.3 is 29.9 Å². The number of nitrogens with one attached hydrogen (secondary N) is 1. The number of carboxylic acids is 2. The Hall–Kier alpha value is -3.56. The fourth-order valence-electron chi connectivity index (χ4n) is 2.64. The van der Waals surface area contributed by atoms with Crippen molar-refractivity contribution >= 4 is 29.5 Å².